The van der Waals surface area contributed by atoms with E-state index in [2.05, 4.69) is 31.0 Å². The van der Waals surface area contributed by atoms with E-state index in [1.165, 1.54) is 32.4 Å². The average molecular weight is 242 g/mol. The first-order valence-electron chi connectivity index (χ1n) is 7.06. The first-order chi connectivity index (χ1) is 8.02. The van der Waals surface area contributed by atoms with E-state index in [9.17, 15) is 5.11 Å². The summed E-state index contributed by atoms with van der Waals surface area (Å²) < 4.78 is 0. The molecule has 0 aromatic heterocycles. The highest BCUT2D eigenvalue weighted by molar-refractivity contribution is 4.84. The van der Waals surface area contributed by atoms with Gasteiger partial charge in [-0.2, -0.15) is 0 Å². The summed E-state index contributed by atoms with van der Waals surface area (Å²) >= 11 is 0. The third-order valence-corrected chi connectivity index (χ3v) is 4.31. The first kappa shape index (κ1) is 14.9. The van der Waals surface area contributed by atoms with Gasteiger partial charge in [-0.3, -0.25) is 0 Å². The van der Waals surface area contributed by atoms with Crippen molar-refractivity contribution in [1.29, 1.82) is 0 Å². The Bertz CT molecular complexity index is 214. The third kappa shape index (κ3) is 4.23. The third-order valence-electron chi connectivity index (χ3n) is 4.31. The minimum atomic E-state index is -0.104. The molecule has 2 N–H and O–H groups in total. The fourth-order valence-electron chi connectivity index (χ4n) is 2.84. The minimum Gasteiger partial charge on any atom is -0.394 e. The molecule has 0 aromatic rings. The molecular weight excluding hydrogens is 212 g/mol. The quantitative estimate of drug-likeness (QED) is 0.715. The van der Waals surface area contributed by atoms with Crippen molar-refractivity contribution in [3.05, 3.63) is 0 Å². The molecule has 0 amide bonds. The Hall–Kier alpha value is -0.120. The van der Waals surface area contributed by atoms with Crippen LogP contribution in [0.2, 0.25) is 0 Å². The maximum Gasteiger partial charge on any atom is 0.0610 e. The lowest BCUT2D eigenvalue weighted by atomic mass is 9.96. The molecule has 1 fully saturated rings. The van der Waals surface area contributed by atoms with E-state index in [4.69, 9.17) is 0 Å². The Morgan fingerprint density at radius 2 is 2.18 bits per heavy atom. The maximum absolute atomic E-state index is 9.34. The van der Waals surface area contributed by atoms with Crippen LogP contribution < -0.4 is 5.32 Å². The van der Waals surface area contributed by atoms with Gasteiger partial charge in [0.2, 0.25) is 0 Å². The Morgan fingerprint density at radius 1 is 1.47 bits per heavy atom. The van der Waals surface area contributed by atoms with Gasteiger partial charge in [0.25, 0.3) is 0 Å². The summed E-state index contributed by atoms with van der Waals surface area (Å²) in [5, 5.41) is 12.6. The zero-order valence-electron chi connectivity index (χ0n) is 12.0. The van der Waals surface area contributed by atoms with Gasteiger partial charge in [0.05, 0.1) is 6.61 Å². The molecule has 17 heavy (non-hydrogen) atoms. The predicted molar refractivity (Wildman–Crippen MR) is 73.2 cm³/mol. The molecule has 3 nitrogen and oxygen atoms in total. The van der Waals surface area contributed by atoms with E-state index in [0.717, 1.165) is 18.4 Å². The number of rotatable bonds is 7. The molecule has 102 valence electrons. The fourth-order valence-corrected chi connectivity index (χ4v) is 2.84. The van der Waals surface area contributed by atoms with Gasteiger partial charge in [-0.05, 0) is 58.7 Å². The van der Waals surface area contributed by atoms with E-state index in [1.807, 2.05) is 7.05 Å². The molecule has 1 saturated heterocycles. The maximum atomic E-state index is 9.34. The van der Waals surface area contributed by atoms with Crippen molar-refractivity contribution in [2.45, 2.75) is 58.0 Å². The van der Waals surface area contributed by atoms with Gasteiger partial charge < -0.3 is 15.3 Å². The highest BCUT2D eigenvalue weighted by Crippen LogP contribution is 2.24. The second-order valence-corrected chi connectivity index (χ2v) is 6.06. The van der Waals surface area contributed by atoms with Crippen LogP contribution in [0.1, 0.15) is 46.5 Å². The molecule has 1 aliphatic rings. The van der Waals surface area contributed by atoms with Gasteiger partial charge in [0.1, 0.15) is 0 Å². The number of nitrogens with one attached hydrogen (secondary N) is 1. The van der Waals surface area contributed by atoms with Crippen molar-refractivity contribution in [2.75, 3.05) is 26.7 Å². The van der Waals surface area contributed by atoms with Crippen molar-refractivity contribution < 1.29 is 5.11 Å². The highest BCUT2D eigenvalue weighted by atomic mass is 16.3. The summed E-state index contributed by atoms with van der Waals surface area (Å²) in [6.45, 7) is 9.41. The molecule has 2 atom stereocenters. The van der Waals surface area contributed by atoms with Crippen molar-refractivity contribution in [2.24, 2.45) is 5.92 Å². The first-order valence-corrected chi connectivity index (χ1v) is 7.06. The molecule has 1 rings (SSSR count). The van der Waals surface area contributed by atoms with Gasteiger partial charge in [-0.25, -0.2) is 0 Å². The lowest BCUT2D eigenvalue weighted by molar-refractivity contribution is 0.155. The second kappa shape index (κ2) is 6.72. The summed E-state index contributed by atoms with van der Waals surface area (Å²) in [6.07, 6.45) is 4.93. The van der Waals surface area contributed by atoms with Crippen LogP contribution in [0.25, 0.3) is 0 Å². The van der Waals surface area contributed by atoms with Crippen LogP contribution in [0.15, 0.2) is 0 Å². The zero-order valence-corrected chi connectivity index (χ0v) is 12.0. The van der Waals surface area contributed by atoms with E-state index in [-0.39, 0.29) is 12.1 Å². The van der Waals surface area contributed by atoms with Crippen LogP contribution in [-0.4, -0.2) is 48.3 Å². The normalized spacial score (nSPS) is 25.4. The van der Waals surface area contributed by atoms with E-state index >= 15 is 0 Å². The van der Waals surface area contributed by atoms with Crippen LogP contribution in [0.4, 0.5) is 0 Å². The molecule has 0 spiro atoms. The summed E-state index contributed by atoms with van der Waals surface area (Å²) in [4.78, 5) is 2.64. The van der Waals surface area contributed by atoms with Crippen molar-refractivity contribution >= 4 is 0 Å². The van der Waals surface area contributed by atoms with Gasteiger partial charge in [0, 0.05) is 11.6 Å². The number of aliphatic hydroxyl groups excluding tert-OH is 1. The molecule has 0 saturated carbocycles. The molecule has 1 aliphatic heterocycles. The Kier molecular flexibility index (Phi) is 5.90. The van der Waals surface area contributed by atoms with Crippen molar-refractivity contribution in [3.63, 3.8) is 0 Å². The Labute approximate surface area is 107 Å². The van der Waals surface area contributed by atoms with E-state index in [0.29, 0.717) is 0 Å². The monoisotopic (exact) mass is 242 g/mol. The molecular formula is C14H30N2O. The summed E-state index contributed by atoms with van der Waals surface area (Å²) in [6, 6.07) is 0.782. The average Bonchev–Trinajstić information content (AvgIpc) is 2.77. The summed E-state index contributed by atoms with van der Waals surface area (Å²) in [5.74, 6) is 0.769. The molecule has 0 aromatic carbocycles. The number of likely N-dealkylation sites (tertiary alicyclic amines) is 1. The van der Waals surface area contributed by atoms with Gasteiger partial charge >= 0.3 is 0 Å². The van der Waals surface area contributed by atoms with Crippen molar-refractivity contribution in [1.82, 2.24) is 10.2 Å². The Morgan fingerprint density at radius 3 is 2.71 bits per heavy atom. The molecule has 0 bridgehead atoms. The predicted octanol–water partition coefficient (Wildman–Crippen LogP) is 1.86. The lowest BCUT2D eigenvalue weighted by Gasteiger charge is -2.30. The summed E-state index contributed by atoms with van der Waals surface area (Å²) in [5.41, 5.74) is -0.104. The smallest absolute Gasteiger partial charge is 0.0610 e. The fraction of sp³-hybridized carbons (Fsp3) is 1.00. The topological polar surface area (TPSA) is 35.5 Å². The largest absolute Gasteiger partial charge is 0.394 e. The number of nitrogens with zero attached hydrogens (tertiary/aromatic N) is 1. The molecule has 0 radical (unpaired) electrons. The number of likely N-dealkylation sites (N-methyl/N-ethyl adjacent to an activating group) is 1. The Balaban J connectivity index is 2.31. The molecule has 0 aliphatic carbocycles. The highest BCUT2D eigenvalue weighted by Gasteiger charge is 2.27. The molecule has 1 heterocycles. The number of hydrogen-bond donors (Lipinski definition) is 2. The van der Waals surface area contributed by atoms with Gasteiger partial charge in [-0.1, -0.05) is 13.8 Å². The van der Waals surface area contributed by atoms with Crippen LogP contribution >= 0.6 is 0 Å². The SMILES string of the molecule is CNC(C)(CO)CCCN1CCCC1C(C)C. The van der Waals surface area contributed by atoms with Crippen LogP contribution in [-0.2, 0) is 0 Å². The van der Waals surface area contributed by atoms with E-state index < -0.39 is 0 Å². The van der Waals surface area contributed by atoms with Crippen LogP contribution in [0.5, 0.6) is 0 Å². The second-order valence-electron chi connectivity index (χ2n) is 6.06. The molecule has 3 heteroatoms. The van der Waals surface area contributed by atoms with Crippen molar-refractivity contribution in [3.8, 4) is 0 Å². The summed E-state index contributed by atoms with van der Waals surface area (Å²) in [7, 11) is 1.93. The number of aliphatic hydroxyl groups is 1. The van der Waals surface area contributed by atoms with Crippen LogP contribution in [0.3, 0.4) is 0 Å². The standard InChI is InChI=1S/C14H30N2O/c1-12(2)13-7-5-9-16(13)10-6-8-14(3,11-17)15-4/h12-13,15,17H,5-11H2,1-4H3. The van der Waals surface area contributed by atoms with Gasteiger partial charge in [-0.15, -0.1) is 0 Å². The zero-order chi connectivity index (χ0) is 12.9. The van der Waals surface area contributed by atoms with Gasteiger partial charge in [0.15, 0.2) is 0 Å². The van der Waals surface area contributed by atoms with Crippen LogP contribution in [0, 0.1) is 5.92 Å². The lowest BCUT2D eigenvalue weighted by Crippen LogP contribution is -2.44. The minimum absolute atomic E-state index is 0.104. The number of hydrogen-bond acceptors (Lipinski definition) is 3. The molecule has 2 unspecified atom stereocenters. The van der Waals surface area contributed by atoms with E-state index in [1.54, 1.807) is 0 Å².